The molecule has 1 aliphatic rings. The van der Waals surface area contributed by atoms with E-state index in [0.717, 1.165) is 12.8 Å². The fourth-order valence-electron chi connectivity index (χ4n) is 1.79. The predicted octanol–water partition coefficient (Wildman–Crippen LogP) is 2.53. The molecule has 1 aliphatic carbocycles. The maximum Gasteiger partial charge on any atom is 0.123 e. The van der Waals surface area contributed by atoms with Gasteiger partial charge in [-0.3, -0.25) is 0 Å². The Morgan fingerprint density at radius 2 is 1.85 bits per heavy atom. The molecule has 0 saturated heterocycles. The van der Waals surface area contributed by atoms with Crippen molar-refractivity contribution in [1.82, 2.24) is 0 Å². The van der Waals surface area contributed by atoms with Crippen LogP contribution < -0.4 is 0 Å². The summed E-state index contributed by atoms with van der Waals surface area (Å²) in [7, 11) is 0. The summed E-state index contributed by atoms with van der Waals surface area (Å²) in [5, 5.41) is 19.1. The van der Waals surface area contributed by atoms with Gasteiger partial charge in [0.1, 0.15) is 11.5 Å². The Labute approximate surface area is 77.1 Å². The van der Waals surface area contributed by atoms with Gasteiger partial charge in [0, 0.05) is 11.5 Å². The summed E-state index contributed by atoms with van der Waals surface area (Å²) in [4.78, 5) is 0. The highest BCUT2D eigenvalue weighted by atomic mass is 16.3. The topological polar surface area (TPSA) is 40.5 Å². The fraction of sp³-hybridized carbons (Fsp3) is 0.273. The van der Waals surface area contributed by atoms with Gasteiger partial charge in [0.2, 0.25) is 0 Å². The van der Waals surface area contributed by atoms with Crippen LogP contribution in [-0.2, 0) is 0 Å². The zero-order valence-electron chi connectivity index (χ0n) is 7.27. The fourth-order valence-corrected chi connectivity index (χ4v) is 1.79. The van der Waals surface area contributed by atoms with Gasteiger partial charge in [0.15, 0.2) is 0 Å². The number of phenolic OH excluding ortho intramolecular Hbond substituents is 2. The maximum atomic E-state index is 9.56. The smallest absolute Gasteiger partial charge is 0.123 e. The molecule has 0 radical (unpaired) electrons. The van der Waals surface area contributed by atoms with Crippen molar-refractivity contribution in [3.05, 3.63) is 35.9 Å². The first kappa shape index (κ1) is 8.17. The SMILES string of the molecule is Oc1cccc(O)c1C1C=CCC1. The Balaban J connectivity index is 2.43. The van der Waals surface area contributed by atoms with Crippen LogP contribution in [0, 0.1) is 0 Å². The Hall–Kier alpha value is -1.44. The second kappa shape index (κ2) is 3.13. The van der Waals surface area contributed by atoms with Crippen LogP contribution in [0.1, 0.15) is 24.3 Å². The van der Waals surface area contributed by atoms with Crippen LogP contribution >= 0.6 is 0 Å². The molecule has 0 spiro atoms. The van der Waals surface area contributed by atoms with E-state index in [-0.39, 0.29) is 17.4 Å². The third-order valence-corrected chi connectivity index (χ3v) is 2.44. The number of phenols is 2. The Morgan fingerprint density at radius 3 is 2.38 bits per heavy atom. The van der Waals surface area contributed by atoms with Crippen molar-refractivity contribution in [2.75, 3.05) is 0 Å². The molecule has 0 fully saturated rings. The number of hydrogen-bond acceptors (Lipinski definition) is 2. The lowest BCUT2D eigenvalue weighted by molar-refractivity contribution is 0.433. The standard InChI is InChI=1S/C11H12O2/c12-9-6-3-7-10(13)11(9)8-4-1-2-5-8/h1,3-4,6-8,12-13H,2,5H2. The maximum absolute atomic E-state index is 9.56. The minimum absolute atomic E-state index is 0.182. The molecule has 2 rings (SSSR count). The van der Waals surface area contributed by atoms with Crippen LogP contribution in [-0.4, -0.2) is 10.2 Å². The average molecular weight is 176 g/mol. The first-order valence-electron chi connectivity index (χ1n) is 4.46. The van der Waals surface area contributed by atoms with Crippen molar-refractivity contribution in [2.24, 2.45) is 0 Å². The van der Waals surface area contributed by atoms with E-state index >= 15 is 0 Å². The van der Waals surface area contributed by atoms with Gasteiger partial charge < -0.3 is 10.2 Å². The zero-order chi connectivity index (χ0) is 9.26. The van der Waals surface area contributed by atoms with Crippen molar-refractivity contribution in [3.63, 3.8) is 0 Å². The molecule has 0 heterocycles. The molecule has 13 heavy (non-hydrogen) atoms. The average Bonchev–Trinajstić information content (AvgIpc) is 2.57. The van der Waals surface area contributed by atoms with Gasteiger partial charge in [0.25, 0.3) is 0 Å². The molecular formula is C11H12O2. The summed E-state index contributed by atoms with van der Waals surface area (Å²) in [6.45, 7) is 0. The minimum Gasteiger partial charge on any atom is -0.508 e. The zero-order valence-corrected chi connectivity index (χ0v) is 7.27. The lowest BCUT2D eigenvalue weighted by Gasteiger charge is -2.11. The molecular weight excluding hydrogens is 164 g/mol. The van der Waals surface area contributed by atoms with Crippen molar-refractivity contribution in [3.8, 4) is 11.5 Å². The van der Waals surface area contributed by atoms with Crippen molar-refractivity contribution >= 4 is 0 Å². The van der Waals surface area contributed by atoms with E-state index in [9.17, 15) is 10.2 Å². The molecule has 2 heteroatoms. The molecule has 1 unspecified atom stereocenters. The lowest BCUT2D eigenvalue weighted by atomic mass is 9.97. The van der Waals surface area contributed by atoms with Crippen molar-refractivity contribution < 1.29 is 10.2 Å². The Morgan fingerprint density at radius 1 is 1.15 bits per heavy atom. The van der Waals surface area contributed by atoms with E-state index in [0.29, 0.717) is 5.56 Å². The molecule has 2 N–H and O–H groups in total. The van der Waals surface area contributed by atoms with Crippen LogP contribution in [0.2, 0.25) is 0 Å². The second-order valence-electron chi connectivity index (χ2n) is 3.32. The van der Waals surface area contributed by atoms with Gasteiger partial charge in [-0.05, 0) is 25.0 Å². The highest BCUT2D eigenvalue weighted by Crippen LogP contribution is 2.39. The molecule has 0 saturated carbocycles. The van der Waals surface area contributed by atoms with E-state index < -0.39 is 0 Å². The molecule has 1 aromatic rings. The normalized spacial score (nSPS) is 20.8. The summed E-state index contributed by atoms with van der Waals surface area (Å²) >= 11 is 0. The number of hydrogen-bond donors (Lipinski definition) is 2. The minimum atomic E-state index is 0.182. The summed E-state index contributed by atoms with van der Waals surface area (Å²) in [5.74, 6) is 0.564. The highest BCUT2D eigenvalue weighted by Gasteiger charge is 2.18. The molecule has 0 amide bonds. The number of rotatable bonds is 1. The summed E-state index contributed by atoms with van der Waals surface area (Å²) < 4.78 is 0. The first-order valence-corrected chi connectivity index (χ1v) is 4.46. The van der Waals surface area contributed by atoms with Gasteiger partial charge in [-0.15, -0.1) is 0 Å². The molecule has 0 aromatic heterocycles. The highest BCUT2D eigenvalue weighted by molar-refractivity contribution is 5.47. The summed E-state index contributed by atoms with van der Waals surface area (Å²) in [5.41, 5.74) is 0.663. The van der Waals surface area contributed by atoms with Crippen LogP contribution in [0.3, 0.4) is 0 Å². The van der Waals surface area contributed by atoms with Gasteiger partial charge >= 0.3 is 0 Å². The first-order chi connectivity index (χ1) is 6.29. The van der Waals surface area contributed by atoms with Crippen LogP contribution in [0.5, 0.6) is 11.5 Å². The third kappa shape index (κ3) is 1.39. The largest absolute Gasteiger partial charge is 0.508 e. The number of benzene rings is 1. The van der Waals surface area contributed by atoms with Gasteiger partial charge in [-0.25, -0.2) is 0 Å². The van der Waals surface area contributed by atoms with Crippen LogP contribution in [0.25, 0.3) is 0 Å². The molecule has 1 atom stereocenters. The number of allylic oxidation sites excluding steroid dienone is 2. The summed E-state index contributed by atoms with van der Waals surface area (Å²) in [6, 6.07) is 4.87. The molecule has 0 aliphatic heterocycles. The Bertz CT molecular complexity index is 322. The van der Waals surface area contributed by atoms with Gasteiger partial charge in [0.05, 0.1) is 0 Å². The molecule has 1 aromatic carbocycles. The van der Waals surface area contributed by atoms with E-state index in [2.05, 4.69) is 6.08 Å². The lowest BCUT2D eigenvalue weighted by Crippen LogP contribution is -1.92. The van der Waals surface area contributed by atoms with Crippen molar-refractivity contribution in [1.29, 1.82) is 0 Å². The van der Waals surface area contributed by atoms with E-state index in [4.69, 9.17) is 0 Å². The Kier molecular flexibility index (Phi) is 1.97. The third-order valence-electron chi connectivity index (χ3n) is 2.44. The van der Waals surface area contributed by atoms with Crippen LogP contribution in [0.15, 0.2) is 30.4 Å². The van der Waals surface area contributed by atoms with E-state index in [1.165, 1.54) is 0 Å². The van der Waals surface area contributed by atoms with E-state index in [1.54, 1.807) is 18.2 Å². The van der Waals surface area contributed by atoms with E-state index in [1.807, 2.05) is 6.08 Å². The van der Waals surface area contributed by atoms with Gasteiger partial charge in [-0.1, -0.05) is 18.2 Å². The number of aromatic hydroxyl groups is 2. The molecule has 2 nitrogen and oxygen atoms in total. The molecule has 0 bridgehead atoms. The van der Waals surface area contributed by atoms with Gasteiger partial charge in [-0.2, -0.15) is 0 Å². The quantitative estimate of drug-likeness (QED) is 0.645. The molecule has 68 valence electrons. The summed E-state index contributed by atoms with van der Waals surface area (Å²) in [6.07, 6.45) is 6.12. The monoisotopic (exact) mass is 176 g/mol. The predicted molar refractivity (Wildman–Crippen MR) is 50.9 cm³/mol. The second-order valence-corrected chi connectivity index (χ2v) is 3.32. The van der Waals surface area contributed by atoms with Crippen molar-refractivity contribution in [2.45, 2.75) is 18.8 Å². The van der Waals surface area contributed by atoms with Crippen LogP contribution in [0.4, 0.5) is 0 Å².